The molecule has 2 heterocycles. The molecule has 0 fully saturated rings. The molecule has 0 unspecified atom stereocenters. The van der Waals surface area contributed by atoms with Crippen molar-refractivity contribution in [3.8, 4) is 5.69 Å². The second-order valence-electron chi connectivity index (χ2n) is 6.31. The molecule has 25 heavy (non-hydrogen) atoms. The predicted molar refractivity (Wildman–Crippen MR) is 96.0 cm³/mol. The molecule has 6 nitrogen and oxygen atoms in total. The number of aryl methyl sites for hydroxylation is 4. The van der Waals surface area contributed by atoms with E-state index in [2.05, 4.69) is 28.6 Å². The molecule has 2 aromatic heterocycles. The first-order chi connectivity index (χ1) is 11.9. The van der Waals surface area contributed by atoms with Crippen molar-refractivity contribution in [3.63, 3.8) is 0 Å². The van der Waals surface area contributed by atoms with Crippen LogP contribution in [0.25, 0.3) is 5.69 Å². The molecule has 0 saturated heterocycles. The summed E-state index contributed by atoms with van der Waals surface area (Å²) in [7, 11) is 0. The lowest BCUT2D eigenvalue weighted by Gasteiger charge is -2.06. The highest BCUT2D eigenvalue weighted by atomic mass is 16.5. The summed E-state index contributed by atoms with van der Waals surface area (Å²) in [5.74, 6) is 0.716. The summed E-state index contributed by atoms with van der Waals surface area (Å²) in [6.07, 6.45) is 4.47. The Morgan fingerprint density at radius 3 is 2.72 bits per heavy atom. The number of amides is 1. The molecule has 3 aromatic rings. The van der Waals surface area contributed by atoms with Gasteiger partial charge in [0.2, 0.25) is 5.91 Å². The number of carbonyl (C=O) groups excluding carboxylic acids is 1. The first-order valence-corrected chi connectivity index (χ1v) is 8.28. The van der Waals surface area contributed by atoms with E-state index in [1.54, 1.807) is 10.9 Å². The van der Waals surface area contributed by atoms with Gasteiger partial charge in [-0.1, -0.05) is 22.9 Å². The minimum absolute atomic E-state index is 0.0554. The first kappa shape index (κ1) is 17.0. The van der Waals surface area contributed by atoms with Gasteiger partial charge in [-0.25, -0.2) is 4.68 Å². The molecule has 1 aromatic carbocycles. The van der Waals surface area contributed by atoms with Crippen molar-refractivity contribution in [2.45, 2.75) is 40.5 Å². The van der Waals surface area contributed by atoms with E-state index in [-0.39, 0.29) is 5.91 Å². The summed E-state index contributed by atoms with van der Waals surface area (Å²) in [6, 6.07) is 6.19. The smallest absolute Gasteiger partial charge is 0.224 e. The van der Waals surface area contributed by atoms with Crippen LogP contribution in [-0.4, -0.2) is 20.8 Å². The van der Waals surface area contributed by atoms with E-state index in [1.807, 2.05) is 39.1 Å². The van der Waals surface area contributed by atoms with Gasteiger partial charge in [-0.15, -0.1) is 0 Å². The maximum Gasteiger partial charge on any atom is 0.224 e. The first-order valence-electron chi connectivity index (χ1n) is 8.28. The van der Waals surface area contributed by atoms with Crippen LogP contribution in [0, 0.1) is 27.7 Å². The zero-order valence-electron chi connectivity index (χ0n) is 15.0. The van der Waals surface area contributed by atoms with Crippen molar-refractivity contribution in [1.29, 1.82) is 0 Å². The van der Waals surface area contributed by atoms with E-state index < -0.39 is 0 Å². The molecule has 6 heteroatoms. The van der Waals surface area contributed by atoms with Crippen LogP contribution in [0.2, 0.25) is 0 Å². The predicted octanol–water partition coefficient (Wildman–Crippen LogP) is 3.67. The van der Waals surface area contributed by atoms with Crippen molar-refractivity contribution in [3.05, 3.63) is 58.7 Å². The second-order valence-corrected chi connectivity index (χ2v) is 6.31. The van der Waals surface area contributed by atoms with Crippen LogP contribution >= 0.6 is 0 Å². The summed E-state index contributed by atoms with van der Waals surface area (Å²) >= 11 is 0. The summed E-state index contributed by atoms with van der Waals surface area (Å²) in [6.45, 7) is 7.86. The molecule has 1 amide bonds. The van der Waals surface area contributed by atoms with Gasteiger partial charge in [-0.05, 0) is 45.7 Å². The van der Waals surface area contributed by atoms with E-state index in [4.69, 9.17) is 4.52 Å². The van der Waals surface area contributed by atoms with E-state index in [1.165, 1.54) is 5.56 Å². The third kappa shape index (κ3) is 3.79. The molecule has 1 N–H and O–H groups in total. The van der Waals surface area contributed by atoms with Crippen LogP contribution in [-0.2, 0) is 11.2 Å². The standard InChI is InChI=1S/C19H22N4O2/c1-12-5-7-18(13(2)9-12)23-11-16(10-20-23)21-19(24)8-6-17-14(3)22-25-15(17)4/h5,7,9-11H,6,8H2,1-4H3,(H,21,24). The highest BCUT2D eigenvalue weighted by molar-refractivity contribution is 5.90. The zero-order valence-corrected chi connectivity index (χ0v) is 15.0. The largest absolute Gasteiger partial charge is 0.361 e. The molecule has 0 bridgehead atoms. The quantitative estimate of drug-likeness (QED) is 0.770. The van der Waals surface area contributed by atoms with Crippen LogP contribution in [0.15, 0.2) is 35.1 Å². The molecular weight excluding hydrogens is 316 g/mol. The molecule has 0 spiro atoms. The molecular formula is C19H22N4O2. The SMILES string of the molecule is Cc1ccc(-n2cc(NC(=O)CCc3c(C)noc3C)cn2)c(C)c1. The number of anilines is 1. The number of hydrogen-bond donors (Lipinski definition) is 1. The zero-order chi connectivity index (χ0) is 18.0. The van der Waals surface area contributed by atoms with Crippen LogP contribution in [0.1, 0.15) is 34.6 Å². The van der Waals surface area contributed by atoms with Crippen LogP contribution < -0.4 is 5.32 Å². The lowest BCUT2D eigenvalue weighted by molar-refractivity contribution is -0.116. The van der Waals surface area contributed by atoms with Gasteiger partial charge in [-0.2, -0.15) is 5.10 Å². The van der Waals surface area contributed by atoms with Gasteiger partial charge in [0.1, 0.15) is 5.76 Å². The second kappa shape index (κ2) is 6.93. The maximum absolute atomic E-state index is 12.2. The number of aromatic nitrogens is 3. The van der Waals surface area contributed by atoms with E-state index in [0.29, 0.717) is 18.5 Å². The topological polar surface area (TPSA) is 73.0 Å². The molecule has 3 rings (SSSR count). The van der Waals surface area contributed by atoms with Gasteiger partial charge in [0.05, 0.1) is 29.5 Å². The van der Waals surface area contributed by atoms with Crippen LogP contribution in [0.4, 0.5) is 5.69 Å². The Morgan fingerprint density at radius 2 is 2.04 bits per heavy atom. The molecule has 0 aliphatic carbocycles. The van der Waals surface area contributed by atoms with Gasteiger partial charge < -0.3 is 9.84 Å². The Bertz CT molecular complexity index is 889. The van der Waals surface area contributed by atoms with E-state index in [0.717, 1.165) is 28.3 Å². The van der Waals surface area contributed by atoms with Crippen molar-refractivity contribution in [1.82, 2.24) is 14.9 Å². The van der Waals surface area contributed by atoms with E-state index in [9.17, 15) is 4.79 Å². The monoisotopic (exact) mass is 338 g/mol. The fourth-order valence-corrected chi connectivity index (χ4v) is 2.90. The highest BCUT2D eigenvalue weighted by Crippen LogP contribution is 2.18. The maximum atomic E-state index is 12.2. The van der Waals surface area contributed by atoms with Gasteiger partial charge in [0, 0.05) is 12.0 Å². The average Bonchev–Trinajstić information content (AvgIpc) is 3.13. The Morgan fingerprint density at radius 1 is 1.24 bits per heavy atom. The Kier molecular flexibility index (Phi) is 4.70. The molecule has 0 atom stereocenters. The summed E-state index contributed by atoms with van der Waals surface area (Å²) in [5.41, 5.74) is 5.88. The number of nitrogens with zero attached hydrogens (tertiary/aromatic N) is 3. The summed E-state index contributed by atoms with van der Waals surface area (Å²) in [4.78, 5) is 12.2. The molecule has 0 aliphatic heterocycles. The Balaban J connectivity index is 1.64. The van der Waals surface area contributed by atoms with Crippen molar-refractivity contribution in [2.75, 3.05) is 5.32 Å². The van der Waals surface area contributed by atoms with Crippen molar-refractivity contribution in [2.24, 2.45) is 0 Å². The Hall–Kier alpha value is -2.89. The number of carbonyl (C=O) groups is 1. The fraction of sp³-hybridized carbons (Fsp3) is 0.316. The Labute approximate surface area is 146 Å². The number of nitrogens with one attached hydrogen (secondary N) is 1. The van der Waals surface area contributed by atoms with Gasteiger partial charge in [-0.3, -0.25) is 4.79 Å². The van der Waals surface area contributed by atoms with Crippen LogP contribution in [0.3, 0.4) is 0 Å². The number of rotatable bonds is 5. The van der Waals surface area contributed by atoms with Gasteiger partial charge in [0.15, 0.2) is 0 Å². The lowest BCUT2D eigenvalue weighted by atomic mass is 10.1. The fourth-order valence-electron chi connectivity index (χ4n) is 2.90. The summed E-state index contributed by atoms with van der Waals surface area (Å²) in [5, 5.41) is 11.1. The molecule has 0 saturated carbocycles. The van der Waals surface area contributed by atoms with Gasteiger partial charge in [0.25, 0.3) is 0 Å². The number of hydrogen-bond acceptors (Lipinski definition) is 4. The summed E-state index contributed by atoms with van der Waals surface area (Å²) < 4.78 is 6.90. The van der Waals surface area contributed by atoms with Crippen LogP contribution in [0.5, 0.6) is 0 Å². The number of benzene rings is 1. The minimum Gasteiger partial charge on any atom is -0.361 e. The van der Waals surface area contributed by atoms with Gasteiger partial charge >= 0.3 is 0 Å². The highest BCUT2D eigenvalue weighted by Gasteiger charge is 2.12. The molecule has 0 aliphatic rings. The normalized spacial score (nSPS) is 10.9. The van der Waals surface area contributed by atoms with E-state index >= 15 is 0 Å². The third-order valence-corrected chi connectivity index (χ3v) is 4.25. The van der Waals surface area contributed by atoms with Crippen molar-refractivity contribution >= 4 is 11.6 Å². The minimum atomic E-state index is -0.0554. The lowest BCUT2D eigenvalue weighted by Crippen LogP contribution is -2.12. The average molecular weight is 338 g/mol. The molecule has 130 valence electrons. The third-order valence-electron chi connectivity index (χ3n) is 4.25. The van der Waals surface area contributed by atoms with Crippen molar-refractivity contribution < 1.29 is 9.32 Å². The molecule has 0 radical (unpaired) electrons.